The molecule has 0 unspecified atom stereocenters. The van der Waals surface area contributed by atoms with Crippen LogP contribution >= 0.6 is 0 Å². The van der Waals surface area contributed by atoms with Gasteiger partial charge in [0.25, 0.3) is 0 Å². The molecule has 2 N–H and O–H groups in total. The van der Waals surface area contributed by atoms with E-state index in [0.717, 1.165) is 29.7 Å². The number of benzene rings is 1. The zero-order valence-electron chi connectivity index (χ0n) is 10.6. The average Bonchev–Trinajstić information content (AvgIpc) is 3.11. The van der Waals surface area contributed by atoms with Crippen molar-refractivity contribution < 1.29 is 0 Å². The Morgan fingerprint density at radius 3 is 2.67 bits per heavy atom. The zero-order valence-corrected chi connectivity index (χ0v) is 10.6. The first kappa shape index (κ1) is 11.4. The van der Waals surface area contributed by atoms with Crippen molar-refractivity contribution in [2.24, 2.45) is 11.7 Å². The van der Waals surface area contributed by atoms with Crippen molar-refractivity contribution in [3.05, 3.63) is 42.0 Å². The van der Waals surface area contributed by atoms with Crippen LogP contribution in [0.3, 0.4) is 0 Å². The highest BCUT2D eigenvalue weighted by molar-refractivity contribution is 5.34. The van der Waals surface area contributed by atoms with Crippen molar-refractivity contribution in [3.8, 4) is 5.69 Å². The van der Waals surface area contributed by atoms with Gasteiger partial charge in [0.05, 0.1) is 6.04 Å². The Morgan fingerprint density at radius 2 is 2.00 bits per heavy atom. The average molecular weight is 242 g/mol. The fourth-order valence-electron chi connectivity index (χ4n) is 2.33. The van der Waals surface area contributed by atoms with Crippen LogP contribution in [0.5, 0.6) is 0 Å². The summed E-state index contributed by atoms with van der Waals surface area (Å²) in [6, 6.07) is 10.1. The molecule has 1 fully saturated rings. The second kappa shape index (κ2) is 4.53. The first-order valence-electron chi connectivity index (χ1n) is 6.48. The van der Waals surface area contributed by atoms with Crippen molar-refractivity contribution in [1.82, 2.24) is 14.8 Å². The summed E-state index contributed by atoms with van der Waals surface area (Å²) < 4.78 is 2.06. The number of aryl methyl sites for hydroxylation is 1. The third kappa shape index (κ3) is 2.16. The molecular weight excluding hydrogens is 224 g/mol. The molecule has 1 aliphatic carbocycles. The summed E-state index contributed by atoms with van der Waals surface area (Å²) in [6.45, 7) is 1.97. The Labute approximate surface area is 107 Å². The minimum absolute atomic E-state index is 0.0149. The van der Waals surface area contributed by atoms with Gasteiger partial charge in [-0.3, -0.25) is 4.57 Å². The van der Waals surface area contributed by atoms with E-state index in [1.54, 1.807) is 0 Å². The van der Waals surface area contributed by atoms with E-state index < -0.39 is 0 Å². The monoisotopic (exact) mass is 242 g/mol. The summed E-state index contributed by atoms with van der Waals surface area (Å²) >= 11 is 0. The number of aromatic nitrogens is 3. The van der Waals surface area contributed by atoms with Gasteiger partial charge in [0.2, 0.25) is 0 Å². The van der Waals surface area contributed by atoms with Gasteiger partial charge in [-0.15, -0.1) is 10.2 Å². The number of nitrogens with two attached hydrogens (primary N) is 1. The van der Waals surface area contributed by atoms with E-state index in [0.29, 0.717) is 0 Å². The third-order valence-electron chi connectivity index (χ3n) is 3.48. The largest absolute Gasteiger partial charge is 0.321 e. The van der Waals surface area contributed by atoms with Crippen molar-refractivity contribution in [2.45, 2.75) is 32.2 Å². The van der Waals surface area contributed by atoms with E-state index in [1.165, 1.54) is 12.8 Å². The van der Waals surface area contributed by atoms with Crippen LogP contribution in [0.25, 0.3) is 5.69 Å². The van der Waals surface area contributed by atoms with Crippen LogP contribution in [-0.2, 0) is 0 Å². The normalized spacial score (nSPS) is 16.8. The Hall–Kier alpha value is -1.68. The molecule has 2 aromatic rings. The number of hydrogen-bond acceptors (Lipinski definition) is 3. The van der Waals surface area contributed by atoms with Gasteiger partial charge in [-0.05, 0) is 31.4 Å². The van der Waals surface area contributed by atoms with Crippen molar-refractivity contribution in [1.29, 1.82) is 0 Å². The SMILES string of the molecule is Cc1nnc([C@@H](N)CC2CC2)n1-c1ccccc1. The quantitative estimate of drug-likeness (QED) is 0.895. The van der Waals surface area contributed by atoms with Crippen LogP contribution < -0.4 is 5.73 Å². The van der Waals surface area contributed by atoms with Gasteiger partial charge in [0.1, 0.15) is 5.82 Å². The molecule has 1 atom stereocenters. The Balaban J connectivity index is 1.95. The van der Waals surface area contributed by atoms with Gasteiger partial charge in [-0.25, -0.2) is 0 Å². The van der Waals surface area contributed by atoms with E-state index in [-0.39, 0.29) is 6.04 Å². The number of para-hydroxylation sites is 1. The summed E-state index contributed by atoms with van der Waals surface area (Å²) in [4.78, 5) is 0. The van der Waals surface area contributed by atoms with Gasteiger partial charge >= 0.3 is 0 Å². The van der Waals surface area contributed by atoms with E-state index in [2.05, 4.69) is 26.9 Å². The van der Waals surface area contributed by atoms with Crippen molar-refractivity contribution in [2.75, 3.05) is 0 Å². The fourth-order valence-corrected chi connectivity index (χ4v) is 2.33. The summed E-state index contributed by atoms with van der Waals surface area (Å²) in [6.07, 6.45) is 3.64. The van der Waals surface area contributed by atoms with Gasteiger partial charge in [0.15, 0.2) is 5.82 Å². The summed E-state index contributed by atoms with van der Waals surface area (Å²) in [5.74, 6) is 2.56. The molecule has 0 aliphatic heterocycles. The zero-order chi connectivity index (χ0) is 12.5. The van der Waals surface area contributed by atoms with E-state index in [1.807, 2.05) is 25.1 Å². The summed E-state index contributed by atoms with van der Waals surface area (Å²) in [7, 11) is 0. The van der Waals surface area contributed by atoms with Crippen LogP contribution in [-0.4, -0.2) is 14.8 Å². The molecule has 1 aromatic carbocycles. The van der Waals surface area contributed by atoms with Crippen molar-refractivity contribution >= 4 is 0 Å². The molecule has 0 bridgehead atoms. The maximum Gasteiger partial charge on any atom is 0.154 e. The minimum atomic E-state index is -0.0149. The van der Waals surface area contributed by atoms with E-state index in [9.17, 15) is 0 Å². The Morgan fingerprint density at radius 1 is 1.28 bits per heavy atom. The van der Waals surface area contributed by atoms with E-state index >= 15 is 0 Å². The molecule has 3 rings (SSSR count). The first-order valence-corrected chi connectivity index (χ1v) is 6.48. The number of nitrogens with zero attached hydrogens (tertiary/aromatic N) is 3. The molecule has 1 aliphatic rings. The fraction of sp³-hybridized carbons (Fsp3) is 0.429. The minimum Gasteiger partial charge on any atom is -0.321 e. The highest BCUT2D eigenvalue weighted by Gasteiger charge is 2.27. The Kier molecular flexibility index (Phi) is 2.88. The van der Waals surface area contributed by atoms with Crippen LogP contribution in [0.1, 0.15) is 37.0 Å². The van der Waals surface area contributed by atoms with E-state index in [4.69, 9.17) is 5.73 Å². The van der Waals surface area contributed by atoms with Gasteiger partial charge in [-0.2, -0.15) is 0 Å². The third-order valence-corrected chi connectivity index (χ3v) is 3.48. The van der Waals surface area contributed by atoms with Crippen LogP contribution in [0, 0.1) is 12.8 Å². The van der Waals surface area contributed by atoms with Gasteiger partial charge < -0.3 is 5.73 Å². The lowest BCUT2D eigenvalue weighted by atomic mass is 10.1. The first-order chi connectivity index (χ1) is 8.75. The van der Waals surface area contributed by atoms with Gasteiger partial charge in [-0.1, -0.05) is 31.0 Å². The second-order valence-electron chi connectivity index (χ2n) is 5.06. The predicted octanol–water partition coefficient (Wildman–Crippen LogP) is 2.38. The van der Waals surface area contributed by atoms with Gasteiger partial charge in [0, 0.05) is 5.69 Å². The molecule has 0 saturated heterocycles. The molecule has 0 radical (unpaired) electrons. The molecule has 4 nitrogen and oxygen atoms in total. The molecule has 94 valence electrons. The smallest absolute Gasteiger partial charge is 0.154 e. The lowest BCUT2D eigenvalue weighted by Gasteiger charge is -2.13. The number of rotatable bonds is 4. The highest BCUT2D eigenvalue weighted by Crippen LogP contribution is 2.36. The second-order valence-corrected chi connectivity index (χ2v) is 5.06. The topological polar surface area (TPSA) is 56.7 Å². The lowest BCUT2D eigenvalue weighted by Crippen LogP contribution is -2.17. The maximum atomic E-state index is 6.26. The van der Waals surface area contributed by atoms with Crippen LogP contribution in [0.2, 0.25) is 0 Å². The molecule has 1 saturated carbocycles. The summed E-state index contributed by atoms with van der Waals surface area (Å²) in [5, 5.41) is 8.44. The molecule has 18 heavy (non-hydrogen) atoms. The molecule has 1 heterocycles. The Bertz CT molecular complexity index is 528. The molecule has 0 spiro atoms. The highest BCUT2D eigenvalue weighted by atomic mass is 15.3. The molecule has 4 heteroatoms. The standard InChI is InChI=1S/C14H18N4/c1-10-16-17-14(13(15)9-11-7-8-11)18(10)12-5-3-2-4-6-12/h2-6,11,13H,7-9,15H2,1H3/t13-/m0/s1. The predicted molar refractivity (Wildman–Crippen MR) is 70.4 cm³/mol. The molecular formula is C14H18N4. The summed E-state index contributed by atoms with van der Waals surface area (Å²) in [5.41, 5.74) is 7.35. The molecule has 1 aromatic heterocycles. The van der Waals surface area contributed by atoms with Crippen LogP contribution in [0.15, 0.2) is 30.3 Å². The maximum absolute atomic E-state index is 6.26. The number of hydrogen-bond donors (Lipinski definition) is 1. The molecule has 0 amide bonds. The van der Waals surface area contributed by atoms with Crippen molar-refractivity contribution in [3.63, 3.8) is 0 Å². The van der Waals surface area contributed by atoms with Crippen LogP contribution in [0.4, 0.5) is 0 Å². The lowest BCUT2D eigenvalue weighted by molar-refractivity contribution is 0.558.